The van der Waals surface area contributed by atoms with Gasteiger partial charge in [-0.15, -0.1) is 11.3 Å². The number of para-hydroxylation sites is 1. The molecule has 5 rings (SSSR count). The Labute approximate surface area is 237 Å². The fourth-order valence-electron chi connectivity index (χ4n) is 5.72. The first-order chi connectivity index (χ1) is 18.9. The summed E-state index contributed by atoms with van der Waals surface area (Å²) in [6, 6.07) is 4.52. The quantitative estimate of drug-likeness (QED) is 0.354. The number of rotatable bonds is 10. The lowest BCUT2D eigenvalue weighted by atomic mass is 9.95. The van der Waals surface area contributed by atoms with Crippen molar-refractivity contribution < 1.29 is 27.6 Å². The number of carbonyl (C=O) groups excluding carboxylic acids is 4. The zero-order valence-corrected chi connectivity index (χ0v) is 24.4. The molecule has 0 radical (unpaired) electrons. The largest absolute Gasteiger partial charge is 0.356 e. The number of carbonyl (C=O) groups is 4. The van der Waals surface area contributed by atoms with E-state index < -0.39 is 45.9 Å². The van der Waals surface area contributed by atoms with E-state index in [9.17, 15) is 27.6 Å². The summed E-state index contributed by atoms with van der Waals surface area (Å²) in [7, 11) is -3.67. The highest BCUT2D eigenvalue weighted by atomic mass is 32.2. The summed E-state index contributed by atoms with van der Waals surface area (Å²) in [5.41, 5.74) is 0.517. The number of likely N-dealkylation sites (tertiary alicyclic amines) is 1. The lowest BCUT2D eigenvalue weighted by Gasteiger charge is -2.31. The number of fused-ring (bicyclic) bond motifs is 1. The van der Waals surface area contributed by atoms with Crippen LogP contribution < -0.4 is 15.4 Å². The van der Waals surface area contributed by atoms with Crippen molar-refractivity contribution in [2.24, 2.45) is 17.3 Å². The van der Waals surface area contributed by atoms with Crippen molar-refractivity contribution in [1.82, 2.24) is 25.2 Å². The predicted octanol–water partition coefficient (Wildman–Crippen LogP) is 1.44. The number of nitrogens with zero attached hydrogens (tertiary/aromatic N) is 2. The van der Waals surface area contributed by atoms with Crippen LogP contribution in [-0.4, -0.2) is 79.3 Å². The average molecular weight is 590 g/mol. The SMILES string of the molecule is CC(C)[C@H](NS(C)(=O)=O)C(=O)N1CC2(CC2)C[C@H]1C(=O)N[C@@H](C[C@@H]1CCNC1=O)C(=O)c1nc2ccccc2s1. The van der Waals surface area contributed by atoms with Gasteiger partial charge in [-0.2, -0.15) is 0 Å². The molecule has 3 fully saturated rings. The Hall–Kier alpha value is -2.90. The van der Waals surface area contributed by atoms with E-state index in [1.54, 1.807) is 13.8 Å². The first-order valence-electron chi connectivity index (χ1n) is 13.6. The third-order valence-corrected chi connectivity index (χ3v) is 9.88. The second kappa shape index (κ2) is 10.8. The number of aromatic nitrogens is 1. The Bertz CT molecular complexity index is 1420. The summed E-state index contributed by atoms with van der Waals surface area (Å²) >= 11 is 1.24. The summed E-state index contributed by atoms with van der Waals surface area (Å²) in [6.45, 7) is 4.37. The van der Waals surface area contributed by atoms with Crippen LogP contribution in [0.2, 0.25) is 0 Å². The van der Waals surface area contributed by atoms with Crippen molar-refractivity contribution in [1.29, 1.82) is 0 Å². The lowest BCUT2D eigenvalue weighted by Crippen LogP contribution is -2.56. The van der Waals surface area contributed by atoms with Gasteiger partial charge in [0.1, 0.15) is 12.1 Å². The first kappa shape index (κ1) is 28.6. The zero-order valence-electron chi connectivity index (χ0n) is 22.8. The van der Waals surface area contributed by atoms with Crippen molar-refractivity contribution in [2.45, 2.75) is 64.1 Å². The molecule has 3 aliphatic rings. The molecule has 216 valence electrons. The minimum absolute atomic E-state index is 0.127. The maximum Gasteiger partial charge on any atom is 0.243 e. The second-order valence-corrected chi connectivity index (χ2v) is 14.5. The van der Waals surface area contributed by atoms with Crippen LogP contribution in [0.1, 0.15) is 55.8 Å². The average Bonchev–Trinajstić information content (AvgIpc) is 3.19. The van der Waals surface area contributed by atoms with Gasteiger partial charge in [-0.25, -0.2) is 18.1 Å². The fourth-order valence-corrected chi connectivity index (χ4v) is 7.52. The number of hydrogen-bond donors (Lipinski definition) is 3. The van der Waals surface area contributed by atoms with Gasteiger partial charge in [0.15, 0.2) is 5.01 Å². The smallest absolute Gasteiger partial charge is 0.243 e. The molecular weight excluding hydrogens is 554 g/mol. The normalized spacial score (nSPS) is 23.4. The second-order valence-electron chi connectivity index (χ2n) is 11.7. The number of Topliss-reactive ketones (excluding diaryl/α,β-unsaturated/α-hetero) is 1. The van der Waals surface area contributed by atoms with E-state index in [-0.39, 0.29) is 34.5 Å². The molecule has 2 aliphatic heterocycles. The molecule has 2 saturated heterocycles. The third kappa shape index (κ3) is 6.06. The number of benzene rings is 1. The fraction of sp³-hybridized carbons (Fsp3) is 0.593. The summed E-state index contributed by atoms with van der Waals surface area (Å²) in [5, 5.41) is 5.91. The van der Waals surface area contributed by atoms with Crippen molar-refractivity contribution in [3.05, 3.63) is 29.3 Å². The molecular formula is C27H35N5O6S2. The Balaban J connectivity index is 1.40. The van der Waals surface area contributed by atoms with Crippen LogP contribution in [0, 0.1) is 17.3 Å². The van der Waals surface area contributed by atoms with Gasteiger partial charge in [0, 0.05) is 19.0 Å². The number of hydrogen-bond acceptors (Lipinski definition) is 8. The minimum Gasteiger partial charge on any atom is -0.356 e. The Morgan fingerprint density at radius 1 is 1.23 bits per heavy atom. The summed E-state index contributed by atoms with van der Waals surface area (Å²) < 4.78 is 27.3. The van der Waals surface area contributed by atoms with E-state index in [0.717, 1.165) is 23.8 Å². The number of thiazole rings is 1. The molecule has 13 heteroatoms. The van der Waals surface area contributed by atoms with Crippen LogP contribution in [0.4, 0.5) is 0 Å². The summed E-state index contributed by atoms with van der Waals surface area (Å²) in [4.78, 5) is 59.5. The predicted molar refractivity (Wildman–Crippen MR) is 150 cm³/mol. The lowest BCUT2D eigenvalue weighted by molar-refractivity contribution is -0.140. The van der Waals surface area contributed by atoms with Crippen molar-refractivity contribution in [2.75, 3.05) is 19.3 Å². The van der Waals surface area contributed by atoms with Gasteiger partial charge in [0.05, 0.1) is 22.5 Å². The van der Waals surface area contributed by atoms with Crippen LogP contribution in [0.3, 0.4) is 0 Å². The van der Waals surface area contributed by atoms with Gasteiger partial charge < -0.3 is 15.5 Å². The van der Waals surface area contributed by atoms with E-state index in [0.29, 0.717) is 31.4 Å². The van der Waals surface area contributed by atoms with Gasteiger partial charge in [0.25, 0.3) is 0 Å². The molecule has 4 atom stereocenters. The molecule has 3 heterocycles. The van der Waals surface area contributed by atoms with Gasteiger partial charge in [-0.05, 0) is 55.6 Å². The Morgan fingerprint density at radius 2 is 1.95 bits per heavy atom. The molecule has 1 spiro atoms. The van der Waals surface area contributed by atoms with E-state index in [1.807, 2.05) is 24.3 Å². The van der Waals surface area contributed by atoms with Crippen LogP contribution >= 0.6 is 11.3 Å². The molecule has 0 unspecified atom stereocenters. The number of ketones is 1. The van der Waals surface area contributed by atoms with E-state index in [2.05, 4.69) is 20.3 Å². The zero-order chi connectivity index (χ0) is 28.8. The molecule has 0 bridgehead atoms. The topological polar surface area (TPSA) is 155 Å². The number of sulfonamides is 1. The molecule has 3 amide bonds. The molecule has 40 heavy (non-hydrogen) atoms. The highest BCUT2D eigenvalue weighted by Gasteiger charge is 2.56. The standard InChI is InChI=1S/C27H35N5O6S2/c1-15(2)21(31-40(3,37)38)26(36)32-14-27(9-10-27)13-19(32)24(35)29-18(12-16-8-11-28-23(16)34)22(33)25-30-17-6-4-5-7-20(17)39-25/h4-7,15-16,18-19,21,31H,8-14H2,1-3H3,(H,28,34)(H,29,35)/t16-,18-,19-,21-/m0/s1. The number of amides is 3. The molecule has 1 saturated carbocycles. The van der Waals surface area contributed by atoms with Gasteiger partial charge in [-0.1, -0.05) is 26.0 Å². The van der Waals surface area contributed by atoms with Crippen molar-refractivity contribution >= 4 is 55.1 Å². The Kier molecular flexibility index (Phi) is 7.75. The van der Waals surface area contributed by atoms with Crippen LogP contribution in [0.25, 0.3) is 10.2 Å². The summed E-state index contributed by atoms with van der Waals surface area (Å²) in [5.74, 6) is -2.21. The molecule has 1 aliphatic carbocycles. The molecule has 2 aromatic rings. The Morgan fingerprint density at radius 3 is 2.55 bits per heavy atom. The maximum atomic E-state index is 13.8. The highest BCUT2D eigenvalue weighted by Crippen LogP contribution is 2.55. The van der Waals surface area contributed by atoms with Crippen molar-refractivity contribution in [3.63, 3.8) is 0 Å². The van der Waals surface area contributed by atoms with Gasteiger partial charge in [-0.3, -0.25) is 19.2 Å². The highest BCUT2D eigenvalue weighted by molar-refractivity contribution is 7.88. The van der Waals surface area contributed by atoms with Crippen LogP contribution in [-0.2, 0) is 24.4 Å². The van der Waals surface area contributed by atoms with Gasteiger partial charge in [0.2, 0.25) is 33.5 Å². The monoisotopic (exact) mass is 589 g/mol. The first-order valence-corrected chi connectivity index (χ1v) is 16.3. The van der Waals surface area contributed by atoms with Crippen molar-refractivity contribution in [3.8, 4) is 0 Å². The molecule has 3 N–H and O–H groups in total. The molecule has 11 nitrogen and oxygen atoms in total. The van der Waals surface area contributed by atoms with E-state index in [1.165, 1.54) is 16.2 Å². The van der Waals surface area contributed by atoms with E-state index in [4.69, 9.17) is 0 Å². The van der Waals surface area contributed by atoms with Gasteiger partial charge >= 0.3 is 0 Å². The summed E-state index contributed by atoms with van der Waals surface area (Å²) in [6.07, 6.45) is 3.89. The maximum absolute atomic E-state index is 13.8. The number of nitrogens with one attached hydrogen (secondary N) is 3. The van der Waals surface area contributed by atoms with E-state index >= 15 is 0 Å². The third-order valence-electron chi connectivity index (χ3n) is 8.15. The molecule has 1 aromatic heterocycles. The minimum atomic E-state index is -3.67. The molecule has 1 aromatic carbocycles. The van der Waals surface area contributed by atoms with Crippen LogP contribution in [0.15, 0.2) is 24.3 Å². The van der Waals surface area contributed by atoms with Crippen LogP contribution in [0.5, 0.6) is 0 Å².